The zero-order valence-corrected chi connectivity index (χ0v) is 18.0. The number of nitrogens with zero attached hydrogens (tertiary/aromatic N) is 3. The third-order valence-corrected chi connectivity index (χ3v) is 5.34. The molecule has 0 radical (unpaired) electrons. The van der Waals surface area contributed by atoms with E-state index in [-0.39, 0.29) is 24.8 Å². The highest BCUT2D eigenvalue weighted by Gasteiger charge is 2.13. The largest absolute Gasteiger partial charge is 0.318 e. The monoisotopic (exact) mass is 435 g/mol. The topological polar surface area (TPSA) is 21.1 Å². The first kappa shape index (κ1) is 23.3. The Morgan fingerprint density at radius 2 is 1.73 bits per heavy atom. The maximum Gasteiger partial charge on any atom is 0.166 e. The van der Waals surface area contributed by atoms with Crippen LogP contribution in [0.25, 0.3) is 5.57 Å². The SMILES string of the molecule is Cc1nc(Cl)c(Cl)n1CCCCN1CC=C(c2ccccc2)CC1.Cl.Cl. The van der Waals surface area contributed by atoms with E-state index in [1.165, 1.54) is 11.1 Å². The van der Waals surface area contributed by atoms with Crippen LogP contribution in [0.4, 0.5) is 0 Å². The molecule has 26 heavy (non-hydrogen) atoms. The summed E-state index contributed by atoms with van der Waals surface area (Å²) in [5.74, 6) is 0.887. The van der Waals surface area contributed by atoms with E-state index < -0.39 is 0 Å². The molecule has 2 heterocycles. The van der Waals surface area contributed by atoms with Gasteiger partial charge in [-0.1, -0.05) is 59.6 Å². The first-order valence-corrected chi connectivity index (χ1v) is 9.25. The maximum atomic E-state index is 6.17. The summed E-state index contributed by atoms with van der Waals surface area (Å²) in [5.41, 5.74) is 2.83. The van der Waals surface area contributed by atoms with Gasteiger partial charge >= 0.3 is 0 Å². The molecule has 0 unspecified atom stereocenters. The second-order valence-corrected chi connectivity index (χ2v) is 6.96. The van der Waals surface area contributed by atoms with Crippen molar-refractivity contribution in [1.82, 2.24) is 14.5 Å². The molecule has 0 aliphatic carbocycles. The first-order chi connectivity index (χ1) is 11.6. The molecule has 2 aromatic rings. The van der Waals surface area contributed by atoms with E-state index in [9.17, 15) is 0 Å². The van der Waals surface area contributed by atoms with Gasteiger partial charge in [-0.15, -0.1) is 24.8 Å². The van der Waals surface area contributed by atoms with Gasteiger partial charge in [-0.2, -0.15) is 0 Å². The lowest BCUT2D eigenvalue weighted by Gasteiger charge is -2.26. The summed E-state index contributed by atoms with van der Waals surface area (Å²) in [7, 11) is 0. The van der Waals surface area contributed by atoms with Crippen molar-refractivity contribution in [3.05, 3.63) is 58.1 Å². The van der Waals surface area contributed by atoms with Crippen LogP contribution in [0.2, 0.25) is 10.3 Å². The molecule has 3 nitrogen and oxygen atoms in total. The lowest BCUT2D eigenvalue weighted by Crippen LogP contribution is -2.29. The Morgan fingerprint density at radius 3 is 2.31 bits per heavy atom. The Balaban J connectivity index is 0.00000169. The Hall–Kier alpha value is -0.710. The molecule has 0 spiro atoms. The van der Waals surface area contributed by atoms with E-state index in [4.69, 9.17) is 23.2 Å². The molecule has 1 aromatic heterocycles. The quantitative estimate of drug-likeness (QED) is 0.524. The van der Waals surface area contributed by atoms with Crippen LogP contribution in [0.15, 0.2) is 36.4 Å². The zero-order chi connectivity index (χ0) is 16.9. The number of aromatic nitrogens is 2. The summed E-state index contributed by atoms with van der Waals surface area (Å²) in [6.07, 6.45) is 5.74. The van der Waals surface area contributed by atoms with Crippen LogP contribution in [0, 0.1) is 6.92 Å². The van der Waals surface area contributed by atoms with Crippen molar-refractivity contribution < 1.29 is 0 Å². The Labute approximate surface area is 178 Å². The van der Waals surface area contributed by atoms with Crippen molar-refractivity contribution in [2.24, 2.45) is 0 Å². The van der Waals surface area contributed by atoms with E-state index in [1.807, 2.05) is 11.5 Å². The van der Waals surface area contributed by atoms with Gasteiger partial charge in [0.15, 0.2) is 5.15 Å². The van der Waals surface area contributed by atoms with Gasteiger partial charge in [0.25, 0.3) is 0 Å². The number of halogens is 4. The second kappa shape index (κ2) is 11.2. The number of unbranched alkanes of at least 4 members (excludes halogenated alkanes) is 1. The van der Waals surface area contributed by atoms with E-state index in [0.717, 1.165) is 51.3 Å². The summed E-state index contributed by atoms with van der Waals surface area (Å²) >= 11 is 12.1. The van der Waals surface area contributed by atoms with Crippen molar-refractivity contribution in [2.75, 3.05) is 19.6 Å². The van der Waals surface area contributed by atoms with Crippen molar-refractivity contribution in [3.63, 3.8) is 0 Å². The highest BCUT2D eigenvalue weighted by molar-refractivity contribution is 6.40. The highest BCUT2D eigenvalue weighted by atomic mass is 35.5. The summed E-state index contributed by atoms with van der Waals surface area (Å²) in [6.45, 7) is 6.12. The van der Waals surface area contributed by atoms with Gasteiger partial charge < -0.3 is 4.57 Å². The molecule has 144 valence electrons. The molecule has 1 aliphatic heterocycles. The van der Waals surface area contributed by atoms with Crippen LogP contribution >= 0.6 is 48.0 Å². The minimum Gasteiger partial charge on any atom is -0.318 e. The molecule has 0 fully saturated rings. The van der Waals surface area contributed by atoms with E-state index in [0.29, 0.717) is 10.3 Å². The second-order valence-electron chi connectivity index (χ2n) is 6.25. The van der Waals surface area contributed by atoms with Crippen LogP contribution in [-0.2, 0) is 6.54 Å². The summed E-state index contributed by atoms with van der Waals surface area (Å²) in [5, 5.41) is 0.964. The fourth-order valence-electron chi connectivity index (χ4n) is 3.20. The lowest BCUT2D eigenvalue weighted by atomic mass is 9.99. The highest BCUT2D eigenvalue weighted by Crippen LogP contribution is 2.24. The van der Waals surface area contributed by atoms with Gasteiger partial charge in [-0.05, 0) is 43.9 Å². The molecule has 0 atom stereocenters. The molecular formula is C19H25Cl4N3. The van der Waals surface area contributed by atoms with Crippen molar-refractivity contribution in [3.8, 4) is 0 Å². The van der Waals surface area contributed by atoms with Crippen LogP contribution in [-0.4, -0.2) is 34.1 Å². The van der Waals surface area contributed by atoms with Crippen molar-refractivity contribution >= 4 is 53.6 Å². The number of imidazole rings is 1. The van der Waals surface area contributed by atoms with Gasteiger partial charge in [0.2, 0.25) is 0 Å². The summed E-state index contributed by atoms with van der Waals surface area (Å²) < 4.78 is 1.99. The lowest BCUT2D eigenvalue weighted by molar-refractivity contribution is 0.292. The number of aryl methyl sites for hydroxylation is 1. The van der Waals surface area contributed by atoms with Crippen LogP contribution in [0.5, 0.6) is 0 Å². The predicted molar refractivity (Wildman–Crippen MR) is 116 cm³/mol. The average molecular weight is 437 g/mol. The molecule has 1 aromatic carbocycles. The van der Waals surface area contributed by atoms with Gasteiger partial charge in [0.1, 0.15) is 11.0 Å². The van der Waals surface area contributed by atoms with Gasteiger partial charge in [0.05, 0.1) is 0 Å². The molecule has 0 N–H and O–H groups in total. The molecule has 0 bridgehead atoms. The fraction of sp³-hybridized carbons (Fsp3) is 0.421. The Kier molecular flexibility index (Phi) is 10.1. The zero-order valence-electron chi connectivity index (χ0n) is 14.8. The average Bonchev–Trinajstić information content (AvgIpc) is 2.85. The van der Waals surface area contributed by atoms with E-state index >= 15 is 0 Å². The molecule has 3 rings (SSSR count). The number of hydrogen-bond donors (Lipinski definition) is 0. The first-order valence-electron chi connectivity index (χ1n) is 8.50. The normalized spacial score (nSPS) is 14.3. The van der Waals surface area contributed by atoms with Gasteiger partial charge in [0, 0.05) is 19.6 Å². The molecule has 1 aliphatic rings. The van der Waals surface area contributed by atoms with E-state index in [1.54, 1.807) is 0 Å². The van der Waals surface area contributed by atoms with Crippen molar-refractivity contribution in [2.45, 2.75) is 32.7 Å². The Morgan fingerprint density at radius 1 is 1.04 bits per heavy atom. The van der Waals surface area contributed by atoms with Gasteiger partial charge in [-0.25, -0.2) is 4.98 Å². The number of benzene rings is 1. The third kappa shape index (κ3) is 5.90. The Bertz CT molecular complexity index is 713. The molecular weight excluding hydrogens is 412 g/mol. The van der Waals surface area contributed by atoms with Gasteiger partial charge in [-0.3, -0.25) is 4.90 Å². The maximum absolute atomic E-state index is 6.17. The standard InChI is InChI=1S/C19H23Cl2N3.2ClH/c1-15-22-18(20)19(21)24(15)12-6-5-11-23-13-9-17(10-14-23)16-7-3-2-4-8-16;;/h2-4,7-9H,5-6,10-14H2,1H3;2*1H. The summed E-state index contributed by atoms with van der Waals surface area (Å²) in [6, 6.07) is 10.7. The molecule has 0 saturated carbocycles. The minimum atomic E-state index is 0. The number of hydrogen-bond acceptors (Lipinski definition) is 2. The molecule has 0 amide bonds. The smallest absolute Gasteiger partial charge is 0.166 e. The van der Waals surface area contributed by atoms with Crippen LogP contribution in [0.3, 0.4) is 0 Å². The predicted octanol–water partition coefficient (Wildman–Crippen LogP) is 5.91. The summed E-state index contributed by atoms with van der Waals surface area (Å²) in [4.78, 5) is 6.71. The van der Waals surface area contributed by atoms with Crippen LogP contribution < -0.4 is 0 Å². The fourth-order valence-corrected chi connectivity index (χ4v) is 3.67. The molecule has 0 saturated heterocycles. The molecule has 7 heteroatoms. The van der Waals surface area contributed by atoms with Crippen LogP contribution in [0.1, 0.15) is 30.7 Å². The van der Waals surface area contributed by atoms with Crippen molar-refractivity contribution in [1.29, 1.82) is 0 Å². The number of rotatable bonds is 6. The minimum absolute atomic E-state index is 0. The van der Waals surface area contributed by atoms with E-state index in [2.05, 4.69) is 46.3 Å². The third-order valence-electron chi connectivity index (χ3n) is 4.60.